The molecule has 1 aromatic carbocycles. The highest BCUT2D eigenvalue weighted by atomic mass is 79.9. The lowest BCUT2D eigenvalue weighted by Gasteiger charge is -2.12. The van der Waals surface area contributed by atoms with Crippen molar-refractivity contribution in [2.24, 2.45) is 5.73 Å². The van der Waals surface area contributed by atoms with E-state index in [2.05, 4.69) is 26.1 Å². The molecule has 5 nitrogen and oxygen atoms in total. The Kier molecular flexibility index (Phi) is 4.68. The molecule has 0 radical (unpaired) electrons. The van der Waals surface area contributed by atoms with Gasteiger partial charge in [0.05, 0.1) is 12.5 Å². The van der Waals surface area contributed by atoms with Gasteiger partial charge in [0.15, 0.2) is 5.82 Å². The second kappa shape index (κ2) is 6.27. The van der Waals surface area contributed by atoms with Crippen LogP contribution in [0.3, 0.4) is 0 Å². The highest BCUT2D eigenvalue weighted by molar-refractivity contribution is 9.10. The fourth-order valence-corrected chi connectivity index (χ4v) is 2.01. The number of nitrogens with zero attached hydrogens (tertiary/aromatic N) is 3. The van der Waals surface area contributed by atoms with Crippen LogP contribution in [0, 0.1) is 0 Å². The molecular weight excluding hydrogens is 308 g/mol. The molecule has 0 aliphatic rings. The summed E-state index contributed by atoms with van der Waals surface area (Å²) in [4.78, 5) is 6.34. The van der Waals surface area contributed by atoms with Crippen LogP contribution in [0.2, 0.25) is 0 Å². The summed E-state index contributed by atoms with van der Waals surface area (Å²) in [7, 11) is 3.92. The molecule has 6 heteroatoms. The van der Waals surface area contributed by atoms with E-state index in [-0.39, 0.29) is 6.04 Å². The van der Waals surface area contributed by atoms with E-state index in [0.717, 1.165) is 10.0 Å². The summed E-state index contributed by atoms with van der Waals surface area (Å²) in [5, 5.41) is 3.94. The maximum atomic E-state index is 5.99. The van der Waals surface area contributed by atoms with E-state index in [1.165, 1.54) is 0 Å². The van der Waals surface area contributed by atoms with Gasteiger partial charge in [-0.05, 0) is 31.8 Å². The molecule has 2 aromatic rings. The standard InChI is InChI=1S/C13H17BrN4O/c1-18(2)8-11(15)13-16-12(19-17-13)7-9-3-5-10(14)6-4-9/h3-6,11H,7-8,15H2,1-2H3. The molecular formula is C13H17BrN4O. The van der Waals surface area contributed by atoms with Gasteiger partial charge in [0.1, 0.15) is 0 Å². The van der Waals surface area contributed by atoms with E-state index in [9.17, 15) is 0 Å². The van der Waals surface area contributed by atoms with Crippen LogP contribution < -0.4 is 5.73 Å². The van der Waals surface area contributed by atoms with Gasteiger partial charge in [0.2, 0.25) is 5.89 Å². The molecule has 0 saturated heterocycles. The predicted molar refractivity (Wildman–Crippen MR) is 76.7 cm³/mol. The fraction of sp³-hybridized carbons (Fsp3) is 0.385. The molecule has 0 fully saturated rings. The van der Waals surface area contributed by atoms with Crippen LogP contribution in [-0.2, 0) is 6.42 Å². The quantitative estimate of drug-likeness (QED) is 0.910. The number of hydrogen-bond acceptors (Lipinski definition) is 5. The Morgan fingerprint density at radius 2 is 2.00 bits per heavy atom. The zero-order valence-corrected chi connectivity index (χ0v) is 12.6. The van der Waals surface area contributed by atoms with Gasteiger partial charge in [-0.1, -0.05) is 33.2 Å². The first-order valence-corrected chi connectivity index (χ1v) is 6.81. The highest BCUT2D eigenvalue weighted by Crippen LogP contribution is 2.14. The average molecular weight is 325 g/mol. The van der Waals surface area contributed by atoms with Gasteiger partial charge < -0.3 is 15.2 Å². The van der Waals surface area contributed by atoms with Crippen molar-refractivity contribution in [1.29, 1.82) is 0 Å². The van der Waals surface area contributed by atoms with Crippen LogP contribution in [0.25, 0.3) is 0 Å². The number of likely N-dealkylation sites (N-methyl/N-ethyl adjacent to an activating group) is 1. The number of aromatic nitrogens is 2. The van der Waals surface area contributed by atoms with E-state index in [4.69, 9.17) is 10.3 Å². The lowest BCUT2D eigenvalue weighted by atomic mass is 10.1. The van der Waals surface area contributed by atoms with Gasteiger partial charge in [0.25, 0.3) is 0 Å². The molecule has 2 rings (SSSR count). The van der Waals surface area contributed by atoms with E-state index >= 15 is 0 Å². The van der Waals surface area contributed by atoms with Crippen LogP contribution >= 0.6 is 15.9 Å². The minimum atomic E-state index is -0.225. The lowest BCUT2D eigenvalue weighted by molar-refractivity contribution is 0.348. The molecule has 0 aliphatic carbocycles. The molecule has 0 saturated carbocycles. The highest BCUT2D eigenvalue weighted by Gasteiger charge is 2.15. The van der Waals surface area contributed by atoms with E-state index < -0.39 is 0 Å². The van der Waals surface area contributed by atoms with Crippen LogP contribution in [0.4, 0.5) is 0 Å². The lowest BCUT2D eigenvalue weighted by Crippen LogP contribution is -2.26. The summed E-state index contributed by atoms with van der Waals surface area (Å²) >= 11 is 3.40. The predicted octanol–water partition coefficient (Wildman–Crippen LogP) is 1.98. The Bertz CT molecular complexity index is 524. The molecule has 1 aromatic heterocycles. The first-order chi connectivity index (χ1) is 9.04. The first-order valence-electron chi connectivity index (χ1n) is 6.02. The second-order valence-electron chi connectivity index (χ2n) is 4.72. The van der Waals surface area contributed by atoms with Gasteiger partial charge in [-0.3, -0.25) is 0 Å². The molecule has 0 bridgehead atoms. The summed E-state index contributed by atoms with van der Waals surface area (Å²) < 4.78 is 6.28. The van der Waals surface area contributed by atoms with E-state index in [1.807, 2.05) is 43.3 Å². The van der Waals surface area contributed by atoms with E-state index in [0.29, 0.717) is 24.7 Å². The van der Waals surface area contributed by atoms with Crippen molar-refractivity contribution < 1.29 is 4.52 Å². The third-order valence-corrected chi connectivity index (χ3v) is 3.17. The number of benzene rings is 1. The molecule has 0 spiro atoms. The van der Waals surface area contributed by atoms with Crippen LogP contribution in [0.1, 0.15) is 23.3 Å². The van der Waals surface area contributed by atoms with Crippen molar-refractivity contribution in [3.8, 4) is 0 Å². The topological polar surface area (TPSA) is 68.2 Å². The van der Waals surface area contributed by atoms with E-state index in [1.54, 1.807) is 0 Å². The smallest absolute Gasteiger partial charge is 0.231 e. The molecule has 1 atom stereocenters. The Balaban J connectivity index is 2.02. The number of hydrogen-bond donors (Lipinski definition) is 1. The van der Waals surface area contributed by atoms with Crippen molar-refractivity contribution in [3.63, 3.8) is 0 Å². The third-order valence-electron chi connectivity index (χ3n) is 2.65. The van der Waals surface area contributed by atoms with Crippen molar-refractivity contribution >= 4 is 15.9 Å². The van der Waals surface area contributed by atoms with Gasteiger partial charge in [-0.15, -0.1) is 0 Å². The number of rotatable bonds is 5. The first kappa shape index (κ1) is 14.2. The monoisotopic (exact) mass is 324 g/mol. The Morgan fingerprint density at radius 3 is 2.63 bits per heavy atom. The maximum Gasteiger partial charge on any atom is 0.231 e. The van der Waals surface area contributed by atoms with Crippen LogP contribution in [0.5, 0.6) is 0 Å². The zero-order chi connectivity index (χ0) is 13.8. The van der Waals surface area contributed by atoms with Crippen LogP contribution in [-0.4, -0.2) is 35.7 Å². The minimum Gasteiger partial charge on any atom is -0.339 e. The summed E-state index contributed by atoms with van der Waals surface area (Å²) in [6.45, 7) is 0.692. The maximum absolute atomic E-state index is 5.99. The van der Waals surface area contributed by atoms with Gasteiger partial charge in [-0.2, -0.15) is 4.98 Å². The zero-order valence-electron chi connectivity index (χ0n) is 11.0. The normalized spacial score (nSPS) is 12.9. The van der Waals surface area contributed by atoms with Crippen LogP contribution in [0.15, 0.2) is 33.3 Å². The molecule has 1 heterocycles. The summed E-state index contributed by atoms with van der Waals surface area (Å²) in [6, 6.07) is 7.80. The molecule has 19 heavy (non-hydrogen) atoms. The Labute approximate surface area is 120 Å². The molecule has 0 aliphatic heterocycles. The molecule has 0 amide bonds. The van der Waals surface area contributed by atoms with Crippen molar-refractivity contribution in [2.45, 2.75) is 12.5 Å². The van der Waals surface area contributed by atoms with Gasteiger partial charge in [0, 0.05) is 11.0 Å². The Morgan fingerprint density at radius 1 is 1.32 bits per heavy atom. The summed E-state index contributed by atoms with van der Waals surface area (Å²) in [5.41, 5.74) is 7.11. The van der Waals surface area contributed by atoms with Gasteiger partial charge >= 0.3 is 0 Å². The Hall–Kier alpha value is -1.24. The summed E-state index contributed by atoms with van der Waals surface area (Å²) in [6.07, 6.45) is 0.620. The largest absolute Gasteiger partial charge is 0.339 e. The molecule has 102 valence electrons. The summed E-state index contributed by atoms with van der Waals surface area (Å²) in [5.74, 6) is 1.15. The minimum absolute atomic E-state index is 0.225. The van der Waals surface area contributed by atoms with Crippen molar-refractivity contribution in [3.05, 3.63) is 46.0 Å². The fourth-order valence-electron chi connectivity index (χ4n) is 1.74. The number of nitrogens with two attached hydrogens (primary N) is 1. The SMILES string of the molecule is CN(C)CC(N)c1noc(Cc2ccc(Br)cc2)n1. The number of halogens is 1. The average Bonchev–Trinajstić information content (AvgIpc) is 2.80. The van der Waals surface area contributed by atoms with Gasteiger partial charge in [-0.25, -0.2) is 0 Å². The van der Waals surface area contributed by atoms with Crippen molar-refractivity contribution in [1.82, 2.24) is 15.0 Å². The third kappa shape index (κ3) is 4.12. The van der Waals surface area contributed by atoms with Crippen molar-refractivity contribution in [2.75, 3.05) is 20.6 Å². The molecule has 1 unspecified atom stereocenters. The molecule has 2 N–H and O–H groups in total. The second-order valence-corrected chi connectivity index (χ2v) is 5.63.